The molecule has 4 rings (SSSR count). The van der Waals surface area contributed by atoms with Crippen molar-refractivity contribution < 1.29 is 23.0 Å². The molecule has 0 saturated heterocycles. The minimum absolute atomic E-state index is 0.120. The van der Waals surface area contributed by atoms with Crippen LogP contribution in [0.4, 0.5) is 13.2 Å². The standard InChI is InChI=1S/C19H14F3N3O3S/c20-19(21,22)28-12-7-5-11(6-8-12)25-17(27)16-15(24-18(25)29-10-9-26)13-3-1-2-4-14(13)23-16/h1-8,23,26H,9-10H2. The molecule has 0 bridgehead atoms. The van der Waals surface area contributed by atoms with Gasteiger partial charge in [0.1, 0.15) is 16.8 Å². The van der Waals surface area contributed by atoms with E-state index in [1.165, 1.54) is 28.5 Å². The lowest BCUT2D eigenvalue weighted by Gasteiger charge is -2.13. The van der Waals surface area contributed by atoms with E-state index >= 15 is 0 Å². The van der Waals surface area contributed by atoms with Crippen molar-refractivity contribution >= 4 is 33.7 Å². The maximum absolute atomic E-state index is 13.2. The summed E-state index contributed by atoms with van der Waals surface area (Å²) in [5.74, 6) is -0.0891. The van der Waals surface area contributed by atoms with Crippen LogP contribution in [-0.2, 0) is 0 Å². The molecule has 0 saturated carbocycles. The summed E-state index contributed by atoms with van der Waals surface area (Å²) >= 11 is 1.17. The minimum Gasteiger partial charge on any atom is -0.406 e. The van der Waals surface area contributed by atoms with Crippen molar-refractivity contribution in [2.75, 3.05) is 12.4 Å². The van der Waals surface area contributed by atoms with Crippen LogP contribution in [0.25, 0.3) is 27.6 Å². The fraction of sp³-hybridized carbons (Fsp3) is 0.158. The maximum Gasteiger partial charge on any atom is 0.573 e. The van der Waals surface area contributed by atoms with E-state index in [1.54, 1.807) is 0 Å². The average Bonchev–Trinajstić information content (AvgIpc) is 3.05. The maximum atomic E-state index is 13.2. The van der Waals surface area contributed by atoms with Crippen molar-refractivity contribution in [2.24, 2.45) is 0 Å². The zero-order valence-corrected chi connectivity index (χ0v) is 15.5. The Hall–Kier alpha value is -2.98. The van der Waals surface area contributed by atoms with Gasteiger partial charge in [0, 0.05) is 16.7 Å². The van der Waals surface area contributed by atoms with Crippen molar-refractivity contribution in [3.05, 3.63) is 58.9 Å². The number of aliphatic hydroxyl groups excluding tert-OH is 1. The predicted octanol–water partition coefficient (Wildman–Crippen LogP) is 3.85. The van der Waals surface area contributed by atoms with Gasteiger partial charge in [-0.15, -0.1) is 13.2 Å². The second-order valence-corrected chi connectivity index (χ2v) is 7.10. The van der Waals surface area contributed by atoms with Crippen LogP contribution in [-0.4, -0.2) is 38.4 Å². The molecule has 0 fully saturated rings. The van der Waals surface area contributed by atoms with Crippen molar-refractivity contribution in [3.8, 4) is 11.4 Å². The molecule has 2 heterocycles. The van der Waals surface area contributed by atoms with Crippen molar-refractivity contribution in [2.45, 2.75) is 11.5 Å². The first-order chi connectivity index (χ1) is 13.9. The van der Waals surface area contributed by atoms with Crippen LogP contribution in [0.1, 0.15) is 0 Å². The molecule has 2 aromatic heterocycles. The Balaban J connectivity index is 1.89. The zero-order valence-electron chi connectivity index (χ0n) is 14.7. The molecule has 6 nitrogen and oxygen atoms in total. The summed E-state index contributed by atoms with van der Waals surface area (Å²) < 4.78 is 42.4. The van der Waals surface area contributed by atoms with Gasteiger partial charge in [-0.3, -0.25) is 9.36 Å². The van der Waals surface area contributed by atoms with Gasteiger partial charge < -0.3 is 14.8 Å². The summed E-state index contributed by atoms with van der Waals surface area (Å²) in [5, 5.41) is 10.3. The van der Waals surface area contributed by atoms with E-state index in [1.807, 2.05) is 24.3 Å². The lowest BCUT2D eigenvalue weighted by molar-refractivity contribution is -0.274. The van der Waals surface area contributed by atoms with E-state index in [9.17, 15) is 23.1 Å². The first kappa shape index (κ1) is 19.3. The smallest absolute Gasteiger partial charge is 0.406 e. The van der Waals surface area contributed by atoms with Gasteiger partial charge in [0.15, 0.2) is 5.16 Å². The third kappa shape index (κ3) is 3.81. The van der Waals surface area contributed by atoms with Crippen LogP contribution < -0.4 is 10.3 Å². The van der Waals surface area contributed by atoms with Crippen LogP contribution in [0.2, 0.25) is 0 Å². The number of hydrogen-bond donors (Lipinski definition) is 2. The number of alkyl halides is 3. The van der Waals surface area contributed by atoms with Crippen LogP contribution in [0.3, 0.4) is 0 Å². The SMILES string of the molecule is O=c1c2[nH]c3ccccc3c2nc(SCCO)n1-c1ccc(OC(F)(F)F)cc1. The van der Waals surface area contributed by atoms with Crippen molar-refractivity contribution in [1.82, 2.24) is 14.5 Å². The van der Waals surface area contributed by atoms with Gasteiger partial charge in [-0.25, -0.2) is 4.98 Å². The summed E-state index contributed by atoms with van der Waals surface area (Å²) in [7, 11) is 0. The number of ether oxygens (including phenoxy) is 1. The lowest BCUT2D eigenvalue weighted by atomic mass is 10.2. The summed E-state index contributed by atoms with van der Waals surface area (Å²) in [6.07, 6.45) is -4.80. The minimum atomic E-state index is -4.80. The summed E-state index contributed by atoms with van der Waals surface area (Å²) in [6.45, 7) is -0.120. The number of thioether (sulfide) groups is 1. The quantitative estimate of drug-likeness (QED) is 0.378. The fourth-order valence-corrected chi connectivity index (χ4v) is 3.75. The second kappa shape index (κ2) is 7.45. The van der Waals surface area contributed by atoms with Crippen molar-refractivity contribution in [1.29, 1.82) is 0 Å². The molecule has 0 aliphatic heterocycles. The second-order valence-electron chi connectivity index (χ2n) is 6.04. The Labute approximate surface area is 165 Å². The first-order valence-electron chi connectivity index (χ1n) is 8.51. The summed E-state index contributed by atoms with van der Waals surface area (Å²) in [5.41, 5.74) is 1.47. The number of benzene rings is 2. The highest BCUT2D eigenvalue weighted by atomic mass is 32.2. The molecule has 0 atom stereocenters. The van der Waals surface area contributed by atoms with E-state index in [0.29, 0.717) is 22.1 Å². The average molecular weight is 421 g/mol. The number of nitrogens with one attached hydrogen (secondary N) is 1. The number of para-hydroxylation sites is 1. The molecule has 10 heteroatoms. The van der Waals surface area contributed by atoms with E-state index in [0.717, 1.165) is 23.0 Å². The summed E-state index contributed by atoms with van der Waals surface area (Å²) in [4.78, 5) is 20.8. The van der Waals surface area contributed by atoms with E-state index in [-0.39, 0.29) is 12.1 Å². The van der Waals surface area contributed by atoms with Crippen LogP contribution in [0.5, 0.6) is 5.75 Å². The van der Waals surface area contributed by atoms with Gasteiger partial charge in [-0.05, 0) is 30.3 Å². The highest BCUT2D eigenvalue weighted by molar-refractivity contribution is 7.99. The number of rotatable bonds is 5. The Bertz CT molecular complexity index is 1230. The highest BCUT2D eigenvalue weighted by Gasteiger charge is 2.31. The molecule has 2 aromatic carbocycles. The molecule has 0 unspecified atom stereocenters. The number of aromatic amines is 1. The largest absolute Gasteiger partial charge is 0.573 e. The lowest BCUT2D eigenvalue weighted by Crippen LogP contribution is -2.22. The molecule has 29 heavy (non-hydrogen) atoms. The first-order valence-corrected chi connectivity index (χ1v) is 9.49. The van der Waals surface area contributed by atoms with Crippen LogP contribution in [0.15, 0.2) is 58.5 Å². The number of hydrogen-bond acceptors (Lipinski definition) is 5. The Morgan fingerprint density at radius 1 is 1.14 bits per heavy atom. The molecular weight excluding hydrogens is 407 g/mol. The Morgan fingerprint density at radius 2 is 1.86 bits per heavy atom. The molecule has 150 valence electrons. The third-order valence-corrected chi connectivity index (χ3v) is 5.06. The molecule has 0 amide bonds. The molecular formula is C19H14F3N3O3S. The van der Waals surface area contributed by atoms with E-state index in [4.69, 9.17) is 0 Å². The monoisotopic (exact) mass is 421 g/mol. The molecule has 0 radical (unpaired) electrons. The van der Waals surface area contributed by atoms with Gasteiger partial charge in [-0.1, -0.05) is 30.0 Å². The van der Waals surface area contributed by atoms with Crippen LogP contribution >= 0.6 is 11.8 Å². The number of fused-ring (bicyclic) bond motifs is 3. The van der Waals surface area contributed by atoms with Crippen LogP contribution in [0, 0.1) is 0 Å². The summed E-state index contributed by atoms with van der Waals surface area (Å²) in [6, 6.07) is 12.3. The zero-order chi connectivity index (χ0) is 20.6. The predicted molar refractivity (Wildman–Crippen MR) is 104 cm³/mol. The molecule has 2 N–H and O–H groups in total. The van der Waals surface area contributed by atoms with E-state index < -0.39 is 17.7 Å². The number of H-pyrrole nitrogens is 1. The van der Waals surface area contributed by atoms with Gasteiger partial charge >= 0.3 is 6.36 Å². The molecule has 0 aliphatic carbocycles. The molecule has 4 aromatic rings. The van der Waals surface area contributed by atoms with Gasteiger partial charge in [-0.2, -0.15) is 0 Å². The highest BCUT2D eigenvalue weighted by Crippen LogP contribution is 2.28. The molecule has 0 aliphatic rings. The van der Waals surface area contributed by atoms with Gasteiger partial charge in [0.25, 0.3) is 5.56 Å². The molecule has 0 spiro atoms. The Morgan fingerprint density at radius 3 is 2.55 bits per heavy atom. The topological polar surface area (TPSA) is 80.1 Å². The van der Waals surface area contributed by atoms with Gasteiger partial charge in [0.05, 0.1) is 12.3 Å². The fourth-order valence-electron chi connectivity index (χ4n) is 3.00. The van der Waals surface area contributed by atoms with Crippen molar-refractivity contribution in [3.63, 3.8) is 0 Å². The number of halogens is 3. The number of aromatic nitrogens is 3. The number of nitrogens with zero attached hydrogens (tertiary/aromatic N) is 2. The number of aliphatic hydroxyl groups is 1. The normalized spacial score (nSPS) is 12.0. The van der Waals surface area contributed by atoms with Gasteiger partial charge in [0.2, 0.25) is 0 Å². The third-order valence-electron chi connectivity index (χ3n) is 4.15. The van der Waals surface area contributed by atoms with E-state index in [2.05, 4.69) is 14.7 Å². The Kier molecular flexibility index (Phi) is 4.97.